The Morgan fingerprint density at radius 3 is 0.833 bits per heavy atom. The van der Waals surface area contributed by atoms with Crippen molar-refractivity contribution in [3.05, 3.63) is 11.1 Å². The summed E-state index contributed by atoms with van der Waals surface area (Å²) in [5.74, 6) is 2.62. The zero-order valence-electron chi connectivity index (χ0n) is 23.7. The van der Waals surface area contributed by atoms with Crippen molar-refractivity contribution in [2.45, 2.75) is 124 Å². The van der Waals surface area contributed by atoms with E-state index in [1.165, 1.54) is 12.8 Å². The van der Waals surface area contributed by atoms with E-state index in [1.54, 1.807) is 11.1 Å². The summed E-state index contributed by atoms with van der Waals surface area (Å²) in [6.07, 6.45) is 2.55. The van der Waals surface area contributed by atoms with E-state index in [-0.39, 0.29) is 21.7 Å². The van der Waals surface area contributed by atoms with Gasteiger partial charge >= 0.3 is 0 Å². The fourth-order valence-electron chi connectivity index (χ4n) is 11.3. The first-order valence-corrected chi connectivity index (χ1v) is 12.9. The predicted molar refractivity (Wildman–Crippen MR) is 136 cm³/mol. The molecule has 2 rings (SSSR count). The molecule has 1 saturated carbocycles. The third kappa shape index (κ3) is 2.36. The van der Waals surface area contributed by atoms with Crippen LogP contribution in [0.5, 0.6) is 0 Å². The van der Waals surface area contributed by atoms with E-state index < -0.39 is 0 Å². The van der Waals surface area contributed by atoms with E-state index in [1.807, 2.05) is 0 Å². The van der Waals surface area contributed by atoms with Crippen LogP contribution in [0.25, 0.3) is 0 Å². The van der Waals surface area contributed by atoms with Crippen LogP contribution in [0, 0.1) is 56.2 Å². The zero-order chi connectivity index (χ0) is 23.9. The van der Waals surface area contributed by atoms with Crippen molar-refractivity contribution in [1.82, 2.24) is 0 Å². The van der Waals surface area contributed by atoms with Gasteiger partial charge in [-0.2, -0.15) is 0 Å². The van der Waals surface area contributed by atoms with Gasteiger partial charge in [-0.3, -0.25) is 0 Å². The van der Waals surface area contributed by atoms with E-state index in [2.05, 4.69) is 111 Å². The Hall–Kier alpha value is -0.260. The Morgan fingerprint density at radius 1 is 0.500 bits per heavy atom. The Labute approximate surface area is 191 Å². The Morgan fingerprint density at radius 2 is 0.700 bits per heavy atom. The SMILES string of the molecule is CC1=C(C)CC2(C(C)(C)C)C(C(C)C)(C(C)C)C(C(C)C)(C(C)C)C2(C(C)(C)C)C1. The highest BCUT2D eigenvalue weighted by molar-refractivity contribution is 5.43. The van der Waals surface area contributed by atoms with Gasteiger partial charge in [-0.05, 0) is 82.9 Å². The zero-order valence-corrected chi connectivity index (χ0v) is 23.7. The molecule has 0 radical (unpaired) electrons. The summed E-state index contributed by atoms with van der Waals surface area (Å²) in [6, 6.07) is 0. The van der Waals surface area contributed by atoms with Crippen LogP contribution in [-0.4, -0.2) is 0 Å². The van der Waals surface area contributed by atoms with Crippen LogP contribution in [0.3, 0.4) is 0 Å². The maximum Gasteiger partial charge on any atom is -0.00744 e. The molecule has 2 unspecified atom stereocenters. The summed E-state index contributed by atoms with van der Waals surface area (Å²) in [5, 5.41) is 0. The molecule has 0 aliphatic heterocycles. The molecule has 0 bridgehead atoms. The molecule has 0 saturated heterocycles. The molecule has 0 heteroatoms. The van der Waals surface area contributed by atoms with E-state index in [9.17, 15) is 0 Å². The van der Waals surface area contributed by atoms with Crippen molar-refractivity contribution in [2.75, 3.05) is 0 Å². The molecular weight excluding hydrogens is 360 g/mol. The Kier molecular flexibility index (Phi) is 6.17. The normalized spacial score (nSPS) is 31.6. The third-order valence-electron chi connectivity index (χ3n) is 10.8. The minimum atomic E-state index is 0.240. The lowest BCUT2D eigenvalue weighted by atomic mass is 9.09. The van der Waals surface area contributed by atoms with Crippen LogP contribution in [0.1, 0.15) is 124 Å². The third-order valence-corrected chi connectivity index (χ3v) is 10.8. The second kappa shape index (κ2) is 7.12. The standard InChI is InChI=1S/C30H56/c1-19(2)29(20(3)4)27(25(11,12)13)17-23(9)24(10)18-28(27,26(14,15)16)30(29,21(5)6)22(7)8/h19-22H,17-18H2,1-16H3. The lowest BCUT2D eigenvalue weighted by Gasteiger charge is -2.94. The minimum absolute atomic E-state index is 0.240. The minimum Gasteiger partial charge on any atom is -0.0738 e. The number of fused-ring (bicyclic) bond motifs is 1. The molecule has 0 heterocycles. The maximum atomic E-state index is 2.59. The van der Waals surface area contributed by atoms with Gasteiger partial charge in [-0.15, -0.1) is 0 Å². The van der Waals surface area contributed by atoms with Gasteiger partial charge in [-0.1, -0.05) is 108 Å². The van der Waals surface area contributed by atoms with Crippen LogP contribution >= 0.6 is 0 Å². The summed E-state index contributed by atoms with van der Waals surface area (Å²) in [7, 11) is 0. The van der Waals surface area contributed by atoms with Crippen LogP contribution < -0.4 is 0 Å². The van der Waals surface area contributed by atoms with E-state index >= 15 is 0 Å². The number of hydrogen-bond acceptors (Lipinski definition) is 0. The molecule has 0 spiro atoms. The Balaban J connectivity index is 3.29. The fourth-order valence-corrected chi connectivity index (χ4v) is 11.3. The smallest absolute Gasteiger partial charge is 0.00744 e. The molecule has 2 aliphatic carbocycles. The van der Waals surface area contributed by atoms with Gasteiger partial charge in [0.15, 0.2) is 0 Å². The first kappa shape index (κ1) is 26.0. The van der Waals surface area contributed by atoms with Gasteiger partial charge in [0.05, 0.1) is 0 Å². The molecule has 0 N–H and O–H groups in total. The van der Waals surface area contributed by atoms with Crippen molar-refractivity contribution in [1.29, 1.82) is 0 Å². The molecule has 0 nitrogen and oxygen atoms in total. The first-order chi connectivity index (χ1) is 13.3. The van der Waals surface area contributed by atoms with Crippen molar-refractivity contribution in [3.8, 4) is 0 Å². The molecule has 30 heavy (non-hydrogen) atoms. The molecular formula is C30H56. The largest absolute Gasteiger partial charge is 0.0738 e. The number of hydrogen-bond donors (Lipinski definition) is 0. The molecule has 0 amide bonds. The molecule has 0 aromatic heterocycles. The first-order valence-electron chi connectivity index (χ1n) is 12.9. The second-order valence-electron chi connectivity index (χ2n) is 14.6. The molecule has 1 fully saturated rings. The lowest BCUT2D eigenvalue weighted by molar-refractivity contribution is -0.468. The second-order valence-corrected chi connectivity index (χ2v) is 14.6. The highest BCUT2D eigenvalue weighted by Gasteiger charge is 2.91. The fraction of sp³-hybridized carbons (Fsp3) is 0.933. The highest BCUT2D eigenvalue weighted by atomic mass is 14.9. The van der Waals surface area contributed by atoms with Gasteiger partial charge in [0.2, 0.25) is 0 Å². The van der Waals surface area contributed by atoms with Crippen LogP contribution in [0.15, 0.2) is 11.1 Å². The van der Waals surface area contributed by atoms with Gasteiger partial charge in [0, 0.05) is 0 Å². The van der Waals surface area contributed by atoms with Crippen LogP contribution in [0.2, 0.25) is 0 Å². The monoisotopic (exact) mass is 416 g/mol. The van der Waals surface area contributed by atoms with E-state index in [0.717, 1.165) is 0 Å². The average molecular weight is 417 g/mol. The molecule has 0 aromatic carbocycles. The van der Waals surface area contributed by atoms with Crippen molar-refractivity contribution in [3.63, 3.8) is 0 Å². The number of rotatable bonds is 4. The van der Waals surface area contributed by atoms with Crippen LogP contribution in [0.4, 0.5) is 0 Å². The van der Waals surface area contributed by atoms with Gasteiger partial charge in [0.1, 0.15) is 0 Å². The topological polar surface area (TPSA) is 0 Å². The van der Waals surface area contributed by atoms with E-state index in [4.69, 9.17) is 0 Å². The average Bonchev–Trinajstić information content (AvgIpc) is 2.49. The number of allylic oxidation sites excluding steroid dienone is 2. The van der Waals surface area contributed by atoms with Gasteiger partial charge in [-0.25, -0.2) is 0 Å². The molecule has 2 atom stereocenters. The summed E-state index contributed by atoms with van der Waals surface area (Å²) in [5.41, 5.74) is 5.00. The van der Waals surface area contributed by atoms with Gasteiger partial charge < -0.3 is 0 Å². The summed E-state index contributed by atoms with van der Waals surface area (Å²) >= 11 is 0. The van der Waals surface area contributed by atoms with Crippen molar-refractivity contribution >= 4 is 0 Å². The molecule has 0 aromatic rings. The highest BCUT2D eigenvalue weighted by Crippen LogP contribution is 2.96. The summed E-state index contributed by atoms with van der Waals surface area (Å²) < 4.78 is 0. The summed E-state index contributed by atoms with van der Waals surface area (Å²) in [4.78, 5) is 0. The molecule has 2 aliphatic rings. The predicted octanol–water partition coefficient (Wildman–Crippen LogP) is 9.79. The maximum absolute atomic E-state index is 2.59. The lowest BCUT2D eigenvalue weighted by Crippen LogP contribution is -2.90. The van der Waals surface area contributed by atoms with E-state index in [0.29, 0.717) is 34.5 Å². The summed E-state index contributed by atoms with van der Waals surface area (Å²) in [6.45, 7) is 41.0. The van der Waals surface area contributed by atoms with Crippen molar-refractivity contribution < 1.29 is 0 Å². The van der Waals surface area contributed by atoms with Gasteiger partial charge in [0.25, 0.3) is 0 Å². The Bertz CT molecular complexity index is 609. The van der Waals surface area contributed by atoms with Crippen LogP contribution in [-0.2, 0) is 0 Å². The molecule has 176 valence electrons. The van der Waals surface area contributed by atoms with Crippen molar-refractivity contribution in [2.24, 2.45) is 56.2 Å². The quantitative estimate of drug-likeness (QED) is 0.400.